The molecule has 0 atom stereocenters. The predicted molar refractivity (Wildman–Crippen MR) is 72.4 cm³/mol. The molecule has 0 aliphatic carbocycles. The molecule has 3 aromatic heterocycles. The standard InChI is InChI=1S/C14H8N2S/c1-2-9-6-14-10(7-12(9)16-4-1)11-8-15-5-3-13(11)17-14/h1-8H. The molecule has 0 unspecified atom stereocenters. The van der Waals surface area contributed by atoms with Gasteiger partial charge in [0, 0.05) is 44.1 Å². The van der Waals surface area contributed by atoms with Gasteiger partial charge in [-0.1, -0.05) is 6.07 Å². The summed E-state index contributed by atoms with van der Waals surface area (Å²) < 4.78 is 2.58. The molecule has 0 spiro atoms. The number of pyridine rings is 2. The van der Waals surface area contributed by atoms with Gasteiger partial charge in [-0.05, 0) is 24.3 Å². The average molecular weight is 236 g/mol. The summed E-state index contributed by atoms with van der Waals surface area (Å²) in [5.74, 6) is 0. The van der Waals surface area contributed by atoms with E-state index in [-0.39, 0.29) is 0 Å². The van der Waals surface area contributed by atoms with Crippen molar-refractivity contribution < 1.29 is 0 Å². The van der Waals surface area contributed by atoms with Crippen LogP contribution in [0.4, 0.5) is 0 Å². The monoisotopic (exact) mass is 236 g/mol. The van der Waals surface area contributed by atoms with Gasteiger partial charge in [0.15, 0.2) is 0 Å². The molecule has 0 saturated heterocycles. The molecule has 0 aliphatic heterocycles. The lowest BCUT2D eigenvalue weighted by molar-refractivity contribution is 1.37. The summed E-state index contributed by atoms with van der Waals surface area (Å²) >= 11 is 1.81. The van der Waals surface area contributed by atoms with Crippen LogP contribution in [0.15, 0.2) is 48.9 Å². The Morgan fingerprint density at radius 3 is 2.94 bits per heavy atom. The van der Waals surface area contributed by atoms with E-state index in [9.17, 15) is 0 Å². The van der Waals surface area contributed by atoms with Gasteiger partial charge < -0.3 is 0 Å². The number of thiophene rings is 1. The summed E-state index contributed by atoms with van der Waals surface area (Å²) in [5.41, 5.74) is 1.04. The Labute approximate surface area is 102 Å². The molecule has 0 bridgehead atoms. The first-order valence-corrected chi connectivity index (χ1v) is 6.24. The van der Waals surface area contributed by atoms with E-state index in [1.165, 1.54) is 25.6 Å². The van der Waals surface area contributed by atoms with E-state index >= 15 is 0 Å². The van der Waals surface area contributed by atoms with Crippen molar-refractivity contribution in [3.05, 3.63) is 48.9 Å². The van der Waals surface area contributed by atoms with Gasteiger partial charge in [-0.25, -0.2) is 0 Å². The largest absolute Gasteiger partial charge is 0.264 e. The molecule has 17 heavy (non-hydrogen) atoms. The van der Waals surface area contributed by atoms with Crippen LogP contribution >= 0.6 is 11.3 Å². The molecule has 0 N–H and O–H groups in total. The van der Waals surface area contributed by atoms with Gasteiger partial charge in [0.25, 0.3) is 0 Å². The van der Waals surface area contributed by atoms with Crippen LogP contribution in [0, 0.1) is 0 Å². The van der Waals surface area contributed by atoms with Gasteiger partial charge in [0.2, 0.25) is 0 Å². The smallest absolute Gasteiger partial charge is 0.0709 e. The molecular formula is C14H8N2S. The van der Waals surface area contributed by atoms with Gasteiger partial charge >= 0.3 is 0 Å². The second-order valence-electron chi connectivity index (χ2n) is 4.02. The van der Waals surface area contributed by atoms with Crippen molar-refractivity contribution in [2.75, 3.05) is 0 Å². The van der Waals surface area contributed by atoms with Crippen molar-refractivity contribution in [1.29, 1.82) is 0 Å². The van der Waals surface area contributed by atoms with Crippen LogP contribution in [0.3, 0.4) is 0 Å². The van der Waals surface area contributed by atoms with E-state index in [2.05, 4.69) is 34.2 Å². The average Bonchev–Trinajstić information content (AvgIpc) is 2.73. The highest BCUT2D eigenvalue weighted by atomic mass is 32.1. The first-order valence-electron chi connectivity index (χ1n) is 5.43. The van der Waals surface area contributed by atoms with Crippen molar-refractivity contribution in [3.63, 3.8) is 0 Å². The quantitative estimate of drug-likeness (QED) is 0.461. The Morgan fingerprint density at radius 2 is 1.94 bits per heavy atom. The Balaban J connectivity index is 2.28. The molecular weight excluding hydrogens is 228 g/mol. The minimum atomic E-state index is 1.04. The van der Waals surface area contributed by atoms with E-state index in [1.54, 1.807) is 0 Å². The van der Waals surface area contributed by atoms with Crippen LogP contribution in [0.2, 0.25) is 0 Å². The van der Waals surface area contributed by atoms with Crippen LogP contribution in [0.1, 0.15) is 0 Å². The van der Waals surface area contributed by atoms with Crippen LogP contribution in [0.5, 0.6) is 0 Å². The first-order chi connectivity index (χ1) is 8.42. The number of aromatic nitrogens is 2. The second kappa shape index (κ2) is 3.25. The maximum atomic E-state index is 4.40. The Bertz CT molecular complexity index is 842. The number of hydrogen-bond donors (Lipinski definition) is 0. The highest BCUT2D eigenvalue weighted by Crippen LogP contribution is 2.35. The molecule has 0 fully saturated rings. The Kier molecular flexibility index (Phi) is 1.73. The van der Waals surface area contributed by atoms with Crippen molar-refractivity contribution in [2.24, 2.45) is 0 Å². The van der Waals surface area contributed by atoms with Crippen LogP contribution in [-0.2, 0) is 0 Å². The second-order valence-corrected chi connectivity index (χ2v) is 5.10. The molecule has 2 nitrogen and oxygen atoms in total. The molecule has 80 valence electrons. The van der Waals surface area contributed by atoms with E-state index in [4.69, 9.17) is 0 Å². The molecule has 0 radical (unpaired) electrons. The molecule has 0 aliphatic rings. The number of benzene rings is 1. The SMILES string of the molecule is c1cnc2cc3c(cc2c1)sc1ccncc13. The summed E-state index contributed by atoms with van der Waals surface area (Å²) in [4.78, 5) is 8.60. The minimum absolute atomic E-state index is 1.04. The lowest BCUT2D eigenvalue weighted by atomic mass is 10.1. The maximum absolute atomic E-state index is 4.40. The number of hydrogen-bond acceptors (Lipinski definition) is 3. The first kappa shape index (κ1) is 9.07. The fraction of sp³-hybridized carbons (Fsp3) is 0. The van der Waals surface area contributed by atoms with E-state index in [0.717, 1.165) is 5.52 Å². The third-order valence-corrected chi connectivity index (χ3v) is 4.13. The topological polar surface area (TPSA) is 25.8 Å². The fourth-order valence-corrected chi connectivity index (χ4v) is 3.29. The summed E-state index contributed by atoms with van der Waals surface area (Å²) in [6, 6.07) is 10.5. The van der Waals surface area contributed by atoms with Crippen molar-refractivity contribution in [2.45, 2.75) is 0 Å². The van der Waals surface area contributed by atoms with Crippen molar-refractivity contribution in [1.82, 2.24) is 9.97 Å². The fourth-order valence-electron chi connectivity index (χ4n) is 2.19. The van der Waals surface area contributed by atoms with Gasteiger partial charge in [0.05, 0.1) is 5.52 Å². The summed E-state index contributed by atoms with van der Waals surface area (Å²) in [6.07, 6.45) is 5.61. The lowest BCUT2D eigenvalue weighted by Crippen LogP contribution is -1.76. The Hall–Kier alpha value is -2.00. The van der Waals surface area contributed by atoms with Crippen LogP contribution in [-0.4, -0.2) is 9.97 Å². The zero-order valence-corrected chi connectivity index (χ0v) is 9.74. The molecule has 4 rings (SSSR count). The third kappa shape index (κ3) is 1.26. The maximum Gasteiger partial charge on any atom is 0.0709 e. The van der Waals surface area contributed by atoms with Crippen molar-refractivity contribution >= 4 is 42.4 Å². The highest BCUT2D eigenvalue weighted by molar-refractivity contribution is 7.25. The van der Waals surface area contributed by atoms with Gasteiger partial charge in [-0.15, -0.1) is 11.3 Å². The summed E-state index contributed by atoms with van der Waals surface area (Å²) in [5, 5.41) is 3.67. The molecule has 0 amide bonds. The molecule has 3 heterocycles. The van der Waals surface area contributed by atoms with Gasteiger partial charge in [-0.2, -0.15) is 0 Å². The molecule has 1 aromatic carbocycles. The minimum Gasteiger partial charge on any atom is -0.264 e. The zero-order valence-electron chi connectivity index (χ0n) is 8.92. The summed E-state index contributed by atoms with van der Waals surface area (Å²) in [7, 11) is 0. The normalized spacial score (nSPS) is 11.5. The predicted octanol–water partition coefficient (Wildman–Crippen LogP) is 4.00. The van der Waals surface area contributed by atoms with E-state index in [1.807, 2.05) is 36.0 Å². The molecule has 0 saturated carbocycles. The highest BCUT2D eigenvalue weighted by Gasteiger charge is 2.06. The van der Waals surface area contributed by atoms with Gasteiger partial charge in [-0.3, -0.25) is 9.97 Å². The number of rotatable bonds is 0. The van der Waals surface area contributed by atoms with E-state index in [0.29, 0.717) is 0 Å². The van der Waals surface area contributed by atoms with Crippen molar-refractivity contribution in [3.8, 4) is 0 Å². The molecule has 4 aromatic rings. The summed E-state index contributed by atoms with van der Waals surface area (Å²) in [6.45, 7) is 0. The van der Waals surface area contributed by atoms with Gasteiger partial charge in [0.1, 0.15) is 0 Å². The van der Waals surface area contributed by atoms with Crippen LogP contribution < -0.4 is 0 Å². The Morgan fingerprint density at radius 1 is 0.941 bits per heavy atom. The number of fused-ring (bicyclic) bond motifs is 4. The van der Waals surface area contributed by atoms with E-state index < -0.39 is 0 Å². The lowest BCUT2D eigenvalue weighted by Gasteiger charge is -1.96. The molecule has 3 heteroatoms. The van der Waals surface area contributed by atoms with Crippen LogP contribution in [0.25, 0.3) is 31.1 Å². The zero-order chi connectivity index (χ0) is 11.2. The number of nitrogens with zero attached hydrogens (tertiary/aromatic N) is 2. The third-order valence-electron chi connectivity index (χ3n) is 3.00.